The van der Waals surface area contributed by atoms with Gasteiger partial charge in [0, 0.05) is 17.6 Å². The molecule has 0 aromatic rings. The summed E-state index contributed by atoms with van der Waals surface area (Å²) in [6.45, 7) is 0. The van der Waals surface area contributed by atoms with Crippen LogP contribution in [0.3, 0.4) is 0 Å². The SMILES string of the molecule is Cl.Cl.Cl.[Ge]. The van der Waals surface area contributed by atoms with Crippen molar-refractivity contribution in [3.05, 3.63) is 0 Å². The predicted octanol–water partition coefficient (Wildman–Crippen LogP) is 0.885. The summed E-state index contributed by atoms with van der Waals surface area (Å²) < 4.78 is 0. The average Bonchev–Trinajstić information content (AvgIpc) is 0. The third kappa shape index (κ3) is 9.95. The minimum Gasteiger partial charge on any atom is -0.147 e. The fourth-order valence-corrected chi connectivity index (χ4v) is 0. The number of rotatable bonds is 0. The number of halogens is 3. The molecule has 0 saturated heterocycles. The molecular formula is H3Cl3Ge. The molecule has 0 amide bonds. The largest absolute Gasteiger partial charge is 0.147 e. The van der Waals surface area contributed by atoms with Crippen molar-refractivity contribution in [2.75, 3.05) is 0 Å². The van der Waals surface area contributed by atoms with Gasteiger partial charge in [-0.2, -0.15) is 0 Å². The summed E-state index contributed by atoms with van der Waals surface area (Å²) in [6.07, 6.45) is 0. The Morgan fingerprint density at radius 2 is 0.500 bits per heavy atom. The van der Waals surface area contributed by atoms with Crippen molar-refractivity contribution in [3.63, 3.8) is 0 Å². The average molecular weight is 182 g/mol. The topological polar surface area (TPSA) is 0 Å². The van der Waals surface area contributed by atoms with E-state index < -0.39 is 0 Å². The van der Waals surface area contributed by atoms with Gasteiger partial charge in [0.05, 0.1) is 0 Å². The van der Waals surface area contributed by atoms with E-state index in [9.17, 15) is 0 Å². The van der Waals surface area contributed by atoms with Crippen molar-refractivity contribution in [3.8, 4) is 0 Å². The second kappa shape index (κ2) is 25.7. The fraction of sp³-hybridized carbons (Fsp3) is 0. The van der Waals surface area contributed by atoms with Crippen molar-refractivity contribution in [2.24, 2.45) is 0 Å². The Balaban J connectivity index is 0. The first-order valence-electron chi connectivity index (χ1n) is 0. The summed E-state index contributed by atoms with van der Waals surface area (Å²) >= 11 is 0. The Morgan fingerprint density at radius 3 is 0.500 bits per heavy atom. The van der Waals surface area contributed by atoms with E-state index >= 15 is 0 Å². The van der Waals surface area contributed by atoms with Crippen LogP contribution in [-0.2, 0) is 0 Å². The molecule has 0 atom stereocenters. The maximum atomic E-state index is 0. The minimum absolute atomic E-state index is 0. The summed E-state index contributed by atoms with van der Waals surface area (Å²) in [7, 11) is 0. The molecule has 0 unspecified atom stereocenters. The maximum absolute atomic E-state index is 0. The Bertz CT molecular complexity index is 3.25. The van der Waals surface area contributed by atoms with E-state index in [-0.39, 0.29) is 54.8 Å². The molecule has 0 heterocycles. The molecule has 0 N–H and O–H groups in total. The van der Waals surface area contributed by atoms with Gasteiger partial charge in [-0.1, -0.05) is 0 Å². The van der Waals surface area contributed by atoms with Crippen LogP contribution in [-0.4, -0.2) is 17.6 Å². The van der Waals surface area contributed by atoms with Crippen LogP contribution in [0, 0.1) is 0 Å². The molecule has 0 aliphatic rings. The van der Waals surface area contributed by atoms with Crippen molar-refractivity contribution < 1.29 is 0 Å². The molecule has 0 aromatic carbocycles. The van der Waals surface area contributed by atoms with Crippen LogP contribution in [0.4, 0.5) is 0 Å². The van der Waals surface area contributed by atoms with Crippen molar-refractivity contribution >= 4 is 54.8 Å². The fourth-order valence-electron chi connectivity index (χ4n) is 0. The summed E-state index contributed by atoms with van der Waals surface area (Å²) in [5.74, 6) is 0. The Labute approximate surface area is 54.9 Å². The van der Waals surface area contributed by atoms with Crippen LogP contribution in [0.2, 0.25) is 0 Å². The van der Waals surface area contributed by atoms with E-state index in [1.165, 1.54) is 0 Å². The van der Waals surface area contributed by atoms with E-state index in [4.69, 9.17) is 0 Å². The molecule has 4 radical (unpaired) electrons. The zero-order valence-corrected chi connectivity index (χ0v) is 6.27. The van der Waals surface area contributed by atoms with Gasteiger partial charge in [-0.15, -0.1) is 37.2 Å². The molecule has 0 nitrogen and oxygen atoms in total. The second-order valence-corrected chi connectivity index (χ2v) is 0. The van der Waals surface area contributed by atoms with Crippen LogP contribution in [0.25, 0.3) is 0 Å². The number of hydrogen-bond donors (Lipinski definition) is 0. The standard InChI is InChI=1S/3ClH.Ge/h3*1H;. The van der Waals surface area contributed by atoms with E-state index in [2.05, 4.69) is 0 Å². The van der Waals surface area contributed by atoms with Gasteiger partial charge in [0.2, 0.25) is 0 Å². The maximum Gasteiger partial charge on any atom is 0 e. The van der Waals surface area contributed by atoms with Crippen LogP contribution in [0.1, 0.15) is 0 Å². The molecule has 0 bridgehead atoms. The van der Waals surface area contributed by atoms with Gasteiger partial charge in [-0.3, -0.25) is 0 Å². The summed E-state index contributed by atoms with van der Waals surface area (Å²) in [5, 5.41) is 0. The Kier molecular flexibility index (Phi) is 340. The quantitative estimate of drug-likeness (QED) is 0.488. The van der Waals surface area contributed by atoms with Gasteiger partial charge in [0.1, 0.15) is 0 Å². The molecule has 0 aliphatic carbocycles. The van der Waals surface area contributed by atoms with Gasteiger partial charge in [0.25, 0.3) is 0 Å². The van der Waals surface area contributed by atoms with Crippen LogP contribution in [0.5, 0.6) is 0 Å². The van der Waals surface area contributed by atoms with Crippen LogP contribution in [0.15, 0.2) is 0 Å². The normalized spacial score (nSPS) is 0. The first kappa shape index (κ1) is 52.8. The van der Waals surface area contributed by atoms with E-state index in [1.807, 2.05) is 0 Å². The molecule has 0 aliphatic heterocycles. The van der Waals surface area contributed by atoms with E-state index in [0.29, 0.717) is 0 Å². The monoisotopic (exact) mass is 182 g/mol. The molecule has 4 heteroatoms. The van der Waals surface area contributed by atoms with Gasteiger partial charge in [0.15, 0.2) is 0 Å². The van der Waals surface area contributed by atoms with Crippen molar-refractivity contribution in [2.45, 2.75) is 0 Å². The molecule has 0 saturated carbocycles. The Hall–Kier alpha value is 1.41. The van der Waals surface area contributed by atoms with Gasteiger partial charge < -0.3 is 0 Å². The smallest absolute Gasteiger partial charge is 0 e. The van der Waals surface area contributed by atoms with Crippen LogP contribution >= 0.6 is 37.2 Å². The molecule has 0 fully saturated rings. The third-order valence-corrected chi connectivity index (χ3v) is 0. The first-order valence-corrected chi connectivity index (χ1v) is 0. The summed E-state index contributed by atoms with van der Waals surface area (Å²) in [5.41, 5.74) is 0. The predicted molar refractivity (Wildman–Crippen MR) is 27.5 cm³/mol. The zero-order valence-electron chi connectivity index (χ0n) is 1.72. The second-order valence-electron chi connectivity index (χ2n) is 0. The van der Waals surface area contributed by atoms with E-state index in [0.717, 1.165) is 0 Å². The van der Waals surface area contributed by atoms with E-state index in [1.54, 1.807) is 0 Å². The van der Waals surface area contributed by atoms with Gasteiger partial charge in [-0.05, 0) is 0 Å². The minimum atomic E-state index is 0. The number of hydrogen-bond acceptors (Lipinski definition) is 0. The molecule has 0 aromatic heterocycles. The molecular weight excluding hydrogens is 179 g/mol. The van der Waals surface area contributed by atoms with Gasteiger partial charge >= 0.3 is 0 Å². The van der Waals surface area contributed by atoms with Crippen LogP contribution < -0.4 is 0 Å². The van der Waals surface area contributed by atoms with Crippen molar-refractivity contribution in [1.82, 2.24) is 0 Å². The zero-order chi connectivity index (χ0) is 0. The van der Waals surface area contributed by atoms with Crippen molar-refractivity contribution in [1.29, 1.82) is 0 Å². The molecule has 28 valence electrons. The summed E-state index contributed by atoms with van der Waals surface area (Å²) in [6, 6.07) is 0. The molecule has 4 heavy (non-hydrogen) atoms. The third-order valence-electron chi connectivity index (χ3n) is 0. The molecule has 0 spiro atoms. The Morgan fingerprint density at radius 1 is 0.500 bits per heavy atom. The van der Waals surface area contributed by atoms with Gasteiger partial charge in [-0.25, -0.2) is 0 Å². The first-order chi connectivity index (χ1) is 0. The molecule has 0 rings (SSSR count). The summed E-state index contributed by atoms with van der Waals surface area (Å²) in [4.78, 5) is 0.